The fourth-order valence-electron chi connectivity index (χ4n) is 3.34. The second kappa shape index (κ2) is 10.4. The van der Waals surface area contributed by atoms with E-state index in [9.17, 15) is 18.5 Å². The van der Waals surface area contributed by atoms with Crippen LogP contribution in [-0.4, -0.2) is 40.7 Å². The van der Waals surface area contributed by atoms with Crippen molar-refractivity contribution in [2.45, 2.75) is 31.7 Å². The van der Waals surface area contributed by atoms with Gasteiger partial charge in [-0.05, 0) is 36.8 Å². The SMILES string of the molecule is CCN(CC)S(=O)(=O)c1ccc(Nc2ncnc(NC(C)c3ccccc3)c2[N+](=O)[O-])cc1. The molecule has 0 radical (unpaired) electrons. The quantitative estimate of drug-likeness (QED) is 0.331. The third-order valence-electron chi connectivity index (χ3n) is 5.12. The molecule has 33 heavy (non-hydrogen) atoms. The van der Waals surface area contributed by atoms with Gasteiger partial charge in [0.2, 0.25) is 21.7 Å². The van der Waals surface area contributed by atoms with Gasteiger partial charge in [0, 0.05) is 18.8 Å². The smallest absolute Gasteiger partial charge is 0.353 e. The summed E-state index contributed by atoms with van der Waals surface area (Å²) in [5.74, 6) is 0.0756. The van der Waals surface area contributed by atoms with Gasteiger partial charge in [-0.15, -0.1) is 0 Å². The molecule has 0 aliphatic heterocycles. The van der Waals surface area contributed by atoms with Crippen LogP contribution in [0.3, 0.4) is 0 Å². The topological polar surface area (TPSA) is 130 Å². The molecule has 0 amide bonds. The maximum absolute atomic E-state index is 12.7. The van der Waals surface area contributed by atoms with E-state index in [1.54, 1.807) is 26.0 Å². The molecule has 11 heteroatoms. The predicted molar refractivity (Wildman–Crippen MR) is 127 cm³/mol. The van der Waals surface area contributed by atoms with Gasteiger partial charge in [0.25, 0.3) is 0 Å². The lowest BCUT2D eigenvalue weighted by molar-refractivity contribution is -0.383. The molecule has 2 aromatic carbocycles. The summed E-state index contributed by atoms with van der Waals surface area (Å²) in [4.78, 5) is 19.5. The number of hydrogen-bond acceptors (Lipinski definition) is 8. The average molecular weight is 471 g/mol. The van der Waals surface area contributed by atoms with Crippen molar-refractivity contribution in [1.29, 1.82) is 0 Å². The molecule has 0 aliphatic carbocycles. The van der Waals surface area contributed by atoms with Crippen LogP contribution in [0.25, 0.3) is 0 Å². The highest BCUT2D eigenvalue weighted by Gasteiger charge is 2.25. The fraction of sp³-hybridized carbons (Fsp3) is 0.273. The number of benzene rings is 2. The van der Waals surface area contributed by atoms with Crippen molar-refractivity contribution in [3.63, 3.8) is 0 Å². The maximum Gasteiger partial charge on any atom is 0.353 e. The van der Waals surface area contributed by atoms with Crippen molar-refractivity contribution in [3.05, 3.63) is 76.6 Å². The Hall–Kier alpha value is -3.57. The Labute approximate surface area is 192 Å². The zero-order valence-corrected chi connectivity index (χ0v) is 19.4. The summed E-state index contributed by atoms with van der Waals surface area (Å²) in [5.41, 5.74) is 1.10. The van der Waals surface area contributed by atoms with E-state index < -0.39 is 14.9 Å². The summed E-state index contributed by atoms with van der Waals surface area (Å²) in [6.45, 7) is 6.15. The number of sulfonamides is 1. The normalized spacial score (nSPS) is 12.4. The third kappa shape index (κ3) is 5.44. The number of nitro groups is 1. The molecule has 1 unspecified atom stereocenters. The van der Waals surface area contributed by atoms with Gasteiger partial charge in [-0.1, -0.05) is 44.2 Å². The molecule has 174 valence electrons. The molecule has 0 fully saturated rings. The molecule has 3 rings (SSSR count). The van der Waals surface area contributed by atoms with Crippen LogP contribution in [0.1, 0.15) is 32.4 Å². The molecule has 0 spiro atoms. The molecule has 10 nitrogen and oxygen atoms in total. The van der Waals surface area contributed by atoms with Crippen LogP contribution in [-0.2, 0) is 10.0 Å². The van der Waals surface area contributed by atoms with Crippen LogP contribution in [0.4, 0.5) is 23.0 Å². The Bertz CT molecular complexity index is 1200. The van der Waals surface area contributed by atoms with Crippen molar-refractivity contribution in [1.82, 2.24) is 14.3 Å². The summed E-state index contributed by atoms with van der Waals surface area (Å²) in [6, 6.07) is 15.3. The number of nitrogens with one attached hydrogen (secondary N) is 2. The number of hydrogen-bond donors (Lipinski definition) is 2. The maximum atomic E-state index is 12.7. The van der Waals surface area contributed by atoms with Crippen LogP contribution < -0.4 is 10.6 Å². The van der Waals surface area contributed by atoms with Crippen molar-refractivity contribution < 1.29 is 13.3 Å². The largest absolute Gasteiger partial charge is 0.358 e. The second-order valence-corrected chi connectivity index (χ2v) is 9.13. The monoisotopic (exact) mass is 470 g/mol. The molecular weight excluding hydrogens is 444 g/mol. The fourth-order valence-corrected chi connectivity index (χ4v) is 4.80. The van der Waals surface area contributed by atoms with Crippen LogP contribution in [0.15, 0.2) is 65.8 Å². The third-order valence-corrected chi connectivity index (χ3v) is 7.18. The van der Waals surface area contributed by atoms with E-state index in [-0.39, 0.29) is 28.3 Å². The minimum Gasteiger partial charge on any atom is -0.358 e. The van der Waals surface area contributed by atoms with Crippen molar-refractivity contribution in [2.24, 2.45) is 0 Å². The average Bonchev–Trinajstić information content (AvgIpc) is 2.80. The van der Waals surface area contributed by atoms with E-state index in [0.29, 0.717) is 18.8 Å². The van der Waals surface area contributed by atoms with E-state index in [1.165, 1.54) is 22.8 Å². The highest BCUT2D eigenvalue weighted by atomic mass is 32.2. The van der Waals surface area contributed by atoms with E-state index in [2.05, 4.69) is 20.6 Å². The highest BCUT2D eigenvalue weighted by Crippen LogP contribution is 2.33. The Morgan fingerprint density at radius 1 is 1.00 bits per heavy atom. The molecule has 1 aromatic heterocycles. The summed E-state index contributed by atoms with van der Waals surface area (Å²) < 4.78 is 26.7. The first-order valence-electron chi connectivity index (χ1n) is 10.5. The lowest BCUT2D eigenvalue weighted by Gasteiger charge is -2.18. The molecule has 0 saturated carbocycles. The molecular formula is C22H26N6O4S. The minimum absolute atomic E-state index is 0.00267. The van der Waals surface area contributed by atoms with Gasteiger partial charge in [-0.2, -0.15) is 4.31 Å². The van der Waals surface area contributed by atoms with Crippen molar-refractivity contribution in [2.75, 3.05) is 23.7 Å². The first-order chi connectivity index (χ1) is 15.8. The second-order valence-electron chi connectivity index (χ2n) is 7.19. The molecule has 1 heterocycles. The van der Waals surface area contributed by atoms with E-state index in [1.807, 2.05) is 37.3 Å². The Morgan fingerprint density at radius 3 is 2.18 bits per heavy atom. The number of rotatable bonds is 10. The summed E-state index contributed by atoms with van der Waals surface area (Å²) in [5, 5.41) is 17.8. The lowest BCUT2D eigenvalue weighted by Crippen LogP contribution is -2.30. The molecule has 3 aromatic rings. The van der Waals surface area contributed by atoms with Gasteiger partial charge in [0.15, 0.2) is 0 Å². The van der Waals surface area contributed by atoms with Gasteiger partial charge in [0.05, 0.1) is 15.9 Å². The van der Waals surface area contributed by atoms with Crippen molar-refractivity contribution >= 4 is 33.0 Å². The van der Waals surface area contributed by atoms with Gasteiger partial charge in [-0.3, -0.25) is 10.1 Å². The standard InChI is InChI=1S/C22H26N6O4S/c1-4-27(5-2)33(31,32)19-13-11-18(12-14-19)26-22-20(28(29)30)21(23-15-24-22)25-16(3)17-9-7-6-8-10-17/h6-16H,4-5H2,1-3H3,(H2,23,24,25,26). The first-order valence-corrected chi connectivity index (χ1v) is 11.9. The number of aromatic nitrogens is 2. The summed E-state index contributed by atoms with van der Waals surface area (Å²) >= 11 is 0. The Kier molecular flexibility index (Phi) is 7.56. The van der Waals surface area contributed by atoms with E-state index in [0.717, 1.165) is 5.56 Å². The lowest BCUT2D eigenvalue weighted by atomic mass is 10.1. The van der Waals surface area contributed by atoms with Crippen LogP contribution in [0, 0.1) is 10.1 Å². The molecule has 0 aliphatic rings. The highest BCUT2D eigenvalue weighted by molar-refractivity contribution is 7.89. The Balaban J connectivity index is 1.87. The van der Waals surface area contributed by atoms with Gasteiger partial charge < -0.3 is 10.6 Å². The van der Waals surface area contributed by atoms with Crippen LogP contribution in [0.5, 0.6) is 0 Å². The number of anilines is 3. The zero-order valence-electron chi connectivity index (χ0n) is 18.6. The van der Waals surface area contributed by atoms with Crippen LogP contribution in [0.2, 0.25) is 0 Å². The molecule has 2 N–H and O–H groups in total. The van der Waals surface area contributed by atoms with Gasteiger partial charge >= 0.3 is 5.69 Å². The summed E-state index contributed by atoms with van der Waals surface area (Å²) in [7, 11) is -3.60. The van der Waals surface area contributed by atoms with Crippen molar-refractivity contribution in [3.8, 4) is 0 Å². The van der Waals surface area contributed by atoms with Crippen LogP contribution >= 0.6 is 0 Å². The molecule has 0 saturated heterocycles. The van der Waals surface area contributed by atoms with Gasteiger partial charge in [-0.25, -0.2) is 18.4 Å². The Morgan fingerprint density at radius 2 is 1.61 bits per heavy atom. The van der Waals surface area contributed by atoms with E-state index in [4.69, 9.17) is 0 Å². The van der Waals surface area contributed by atoms with E-state index >= 15 is 0 Å². The zero-order chi connectivity index (χ0) is 24.0. The minimum atomic E-state index is -3.60. The first kappa shape index (κ1) is 24.1. The number of nitrogens with zero attached hydrogens (tertiary/aromatic N) is 4. The predicted octanol–water partition coefficient (Wildman–Crippen LogP) is 4.33. The summed E-state index contributed by atoms with van der Waals surface area (Å²) in [6.07, 6.45) is 1.23. The molecule has 1 atom stereocenters. The molecule has 0 bridgehead atoms. The van der Waals surface area contributed by atoms with Gasteiger partial charge in [0.1, 0.15) is 6.33 Å².